The Kier molecular flexibility index (Phi) is 3.02. The lowest BCUT2D eigenvalue weighted by Crippen LogP contribution is -2.49. The van der Waals surface area contributed by atoms with Crippen LogP contribution in [0.4, 0.5) is 8.78 Å². The molecule has 1 N–H and O–H groups in total. The van der Waals surface area contributed by atoms with Gasteiger partial charge in [-0.25, -0.2) is 8.78 Å². The van der Waals surface area contributed by atoms with E-state index in [9.17, 15) is 8.78 Å². The van der Waals surface area contributed by atoms with Crippen LogP contribution in [0.3, 0.4) is 0 Å². The van der Waals surface area contributed by atoms with Gasteiger partial charge in [-0.15, -0.1) is 0 Å². The quantitative estimate of drug-likeness (QED) is 0.758. The van der Waals surface area contributed by atoms with Gasteiger partial charge in [0.25, 0.3) is 0 Å². The van der Waals surface area contributed by atoms with E-state index >= 15 is 0 Å². The average Bonchev–Trinajstić information content (AvgIpc) is 1.99. The molecule has 1 aliphatic heterocycles. The Bertz CT molecular complexity index is 195. The number of halogens is 2. The molecule has 1 aliphatic carbocycles. The summed E-state index contributed by atoms with van der Waals surface area (Å²) in [5.41, 5.74) is 0. The molecule has 14 heavy (non-hydrogen) atoms. The summed E-state index contributed by atoms with van der Waals surface area (Å²) in [4.78, 5) is 0. The van der Waals surface area contributed by atoms with E-state index in [-0.39, 0.29) is 24.9 Å². The van der Waals surface area contributed by atoms with Crippen molar-refractivity contribution in [2.75, 3.05) is 19.7 Å². The summed E-state index contributed by atoms with van der Waals surface area (Å²) in [5.74, 6) is -2.37. The molecule has 1 atom stereocenters. The SMILES string of the molecule is FC1(F)CCCC(COC2CNC2)C1. The smallest absolute Gasteiger partial charge is 0.248 e. The van der Waals surface area contributed by atoms with Crippen LogP contribution in [0.25, 0.3) is 0 Å². The van der Waals surface area contributed by atoms with E-state index < -0.39 is 5.92 Å². The molecule has 0 aromatic carbocycles. The average molecular weight is 205 g/mol. The molecule has 2 fully saturated rings. The van der Waals surface area contributed by atoms with Crippen molar-refractivity contribution in [3.05, 3.63) is 0 Å². The molecule has 0 spiro atoms. The van der Waals surface area contributed by atoms with Crippen LogP contribution in [-0.2, 0) is 4.74 Å². The van der Waals surface area contributed by atoms with Crippen LogP contribution in [0.15, 0.2) is 0 Å². The normalized spacial score (nSPS) is 32.6. The number of rotatable bonds is 3. The van der Waals surface area contributed by atoms with Crippen molar-refractivity contribution in [1.29, 1.82) is 0 Å². The third-order valence-corrected chi connectivity index (χ3v) is 3.05. The Morgan fingerprint density at radius 3 is 2.71 bits per heavy atom. The van der Waals surface area contributed by atoms with Gasteiger partial charge in [-0.2, -0.15) is 0 Å². The second kappa shape index (κ2) is 4.11. The maximum atomic E-state index is 13.0. The molecule has 1 saturated carbocycles. The molecule has 0 radical (unpaired) electrons. The second-order valence-corrected chi connectivity index (χ2v) is 4.43. The molecule has 1 saturated heterocycles. The van der Waals surface area contributed by atoms with Crippen LogP contribution >= 0.6 is 0 Å². The van der Waals surface area contributed by atoms with Crippen molar-refractivity contribution < 1.29 is 13.5 Å². The molecule has 2 nitrogen and oxygen atoms in total. The molecule has 0 amide bonds. The molecule has 0 aromatic heterocycles. The number of alkyl halides is 2. The maximum Gasteiger partial charge on any atom is 0.248 e. The summed E-state index contributed by atoms with van der Waals surface area (Å²) in [6.45, 7) is 2.27. The highest BCUT2D eigenvalue weighted by Gasteiger charge is 2.36. The van der Waals surface area contributed by atoms with Gasteiger partial charge in [0.1, 0.15) is 0 Å². The zero-order chi connectivity index (χ0) is 10.0. The van der Waals surface area contributed by atoms with Gasteiger partial charge in [-0.3, -0.25) is 0 Å². The number of nitrogens with one attached hydrogen (secondary N) is 1. The first kappa shape index (κ1) is 10.3. The van der Waals surface area contributed by atoms with Crippen LogP contribution in [0.5, 0.6) is 0 Å². The van der Waals surface area contributed by atoms with Gasteiger partial charge in [0.15, 0.2) is 0 Å². The van der Waals surface area contributed by atoms with Crippen LogP contribution in [0.1, 0.15) is 25.7 Å². The summed E-state index contributed by atoms with van der Waals surface area (Å²) >= 11 is 0. The van der Waals surface area contributed by atoms with Crippen molar-refractivity contribution in [3.8, 4) is 0 Å². The van der Waals surface area contributed by atoms with Gasteiger partial charge in [-0.1, -0.05) is 0 Å². The second-order valence-electron chi connectivity index (χ2n) is 4.43. The minimum atomic E-state index is -2.44. The molecular formula is C10H17F2NO. The van der Waals surface area contributed by atoms with Gasteiger partial charge in [-0.05, 0) is 18.8 Å². The monoisotopic (exact) mass is 205 g/mol. The van der Waals surface area contributed by atoms with E-state index in [1.165, 1.54) is 0 Å². The molecule has 2 aliphatic rings. The van der Waals surface area contributed by atoms with E-state index in [0.29, 0.717) is 13.0 Å². The van der Waals surface area contributed by atoms with Gasteiger partial charge in [0.05, 0.1) is 12.7 Å². The third kappa shape index (κ3) is 2.64. The fourth-order valence-corrected chi connectivity index (χ4v) is 2.07. The van der Waals surface area contributed by atoms with Crippen molar-refractivity contribution in [2.45, 2.75) is 37.7 Å². The largest absolute Gasteiger partial charge is 0.375 e. The minimum absolute atomic E-state index is 0.0210. The molecule has 0 bridgehead atoms. The zero-order valence-corrected chi connectivity index (χ0v) is 8.27. The standard InChI is InChI=1S/C10H17F2NO/c11-10(12)3-1-2-8(4-10)7-14-9-5-13-6-9/h8-9,13H,1-7H2. The predicted octanol–water partition coefficient (Wildman–Crippen LogP) is 1.80. The fourth-order valence-electron chi connectivity index (χ4n) is 2.07. The lowest BCUT2D eigenvalue weighted by Gasteiger charge is -2.32. The summed E-state index contributed by atoms with van der Waals surface area (Å²) in [7, 11) is 0. The highest BCUT2D eigenvalue weighted by molar-refractivity contribution is 4.80. The number of hydrogen-bond acceptors (Lipinski definition) is 2. The highest BCUT2D eigenvalue weighted by Crippen LogP contribution is 2.36. The van der Waals surface area contributed by atoms with Gasteiger partial charge in [0, 0.05) is 25.9 Å². The first-order valence-electron chi connectivity index (χ1n) is 5.36. The van der Waals surface area contributed by atoms with Crippen molar-refractivity contribution in [2.24, 2.45) is 5.92 Å². The zero-order valence-electron chi connectivity index (χ0n) is 8.27. The Hall–Kier alpha value is -0.220. The fraction of sp³-hybridized carbons (Fsp3) is 1.00. The lowest BCUT2D eigenvalue weighted by atomic mass is 9.87. The summed E-state index contributed by atoms with van der Waals surface area (Å²) in [5, 5.41) is 3.09. The van der Waals surface area contributed by atoms with Crippen LogP contribution in [-0.4, -0.2) is 31.7 Å². The van der Waals surface area contributed by atoms with Crippen LogP contribution < -0.4 is 5.32 Å². The first-order valence-corrected chi connectivity index (χ1v) is 5.36. The molecule has 82 valence electrons. The van der Waals surface area contributed by atoms with E-state index in [4.69, 9.17) is 4.74 Å². The summed E-state index contributed by atoms with van der Waals surface area (Å²) in [6, 6.07) is 0. The Balaban J connectivity index is 1.69. The van der Waals surface area contributed by atoms with Gasteiger partial charge in [0.2, 0.25) is 5.92 Å². The Morgan fingerprint density at radius 1 is 1.36 bits per heavy atom. The van der Waals surface area contributed by atoms with Crippen LogP contribution in [0, 0.1) is 5.92 Å². The van der Waals surface area contributed by atoms with E-state index in [0.717, 1.165) is 19.5 Å². The van der Waals surface area contributed by atoms with E-state index in [1.807, 2.05) is 0 Å². The molecule has 1 heterocycles. The predicted molar refractivity (Wildman–Crippen MR) is 49.5 cm³/mol. The first-order chi connectivity index (χ1) is 6.66. The maximum absolute atomic E-state index is 13.0. The highest BCUT2D eigenvalue weighted by atomic mass is 19.3. The number of hydrogen-bond donors (Lipinski definition) is 1. The molecule has 2 rings (SSSR count). The molecule has 4 heteroatoms. The minimum Gasteiger partial charge on any atom is -0.375 e. The van der Waals surface area contributed by atoms with E-state index in [1.54, 1.807) is 0 Å². The Morgan fingerprint density at radius 2 is 2.14 bits per heavy atom. The van der Waals surface area contributed by atoms with Gasteiger partial charge < -0.3 is 10.1 Å². The Labute approximate surface area is 83.0 Å². The molecule has 0 aromatic rings. The van der Waals surface area contributed by atoms with Crippen molar-refractivity contribution in [1.82, 2.24) is 5.32 Å². The number of ether oxygens (including phenoxy) is 1. The topological polar surface area (TPSA) is 21.3 Å². The van der Waals surface area contributed by atoms with Crippen LogP contribution in [0.2, 0.25) is 0 Å². The van der Waals surface area contributed by atoms with E-state index in [2.05, 4.69) is 5.32 Å². The summed E-state index contributed by atoms with van der Waals surface area (Å²) in [6.07, 6.45) is 1.90. The van der Waals surface area contributed by atoms with Crippen molar-refractivity contribution >= 4 is 0 Å². The lowest BCUT2D eigenvalue weighted by molar-refractivity contribution is -0.0794. The van der Waals surface area contributed by atoms with Crippen molar-refractivity contribution in [3.63, 3.8) is 0 Å². The third-order valence-electron chi connectivity index (χ3n) is 3.05. The molecule has 1 unspecified atom stereocenters. The molecular weight excluding hydrogens is 188 g/mol. The summed E-state index contributed by atoms with van der Waals surface area (Å²) < 4.78 is 31.5. The van der Waals surface area contributed by atoms with Gasteiger partial charge >= 0.3 is 0 Å².